The summed E-state index contributed by atoms with van der Waals surface area (Å²) in [7, 11) is -3.70. The number of hydrogen-bond acceptors (Lipinski definition) is 4. The Labute approximate surface area is 168 Å². The molecule has 3 rings (SSSR count). The van der Waals surface area contributed by atoms with Gasteiger partial charge in [-0.15, -0.1) is 11.3 Å². The highest BCUT2D eigenvalue weighted by atomic mass is 32.2. The maximum absolute atomic E-state index is 12.5. The van der Waals surface area contributed by atoms with E-state index in [2.05, 4.69) is 10.0 Å². The molecule has 3 aromatic rings. The van der Waals surface area contributed by atoms with Crippen LogP contribution in [0.5, 0.6) is 0 Å². The average Bonchev–Trinajstić information content (AvgIpc) is 3.09. The molecule has 0 bridgehead atoms. The number of anilines is 2. The Balaban J connectivity index is 1.74. The summed E-state index contributed by atoms with van der Waals surface area (Å²) < 4.78 is 27.7. The van der Waals surface area contributed by atoms with Crippen LogP contribution in [-0.4, -0.2) is 14.3 Å². The molecule has 2 aromatic carbocycles. The van der Waals surface area contributed by atoms with Crippen LogP contribution in [0.4, 0.5) is 11.4 Å². The van der Waals surface area contributed by atoms with Gasteiger partial charge in [0, 0.05) is 21.5 Å². The first-order valence-corrected chi connectivity index (χ1v) is 10.9. The summed E-state index contributed by atoms with van der Waals surface area (Å²) in [5.41, 5.74) is 1.68. The summed E-state index contributed by atoms with van der Waals surface area (Å²) in [4.78, 5) is 14.5. The molecule has 0 saturated carbocycles. The van der Waals surface area contributed by atoms with Crippen LogP contribution in [-0.2, 0) is 14.8 Å². The van der Waals surface area contributed by atoms with Crippen LogP contribution in [0.25, 0.3) is 6.08 Å². The molecular weight excluding hydrogens is 392 g/mol. The number of aryl methyl sites for hydroxylation is 2. The summed E-state index contributed by atoms with van der Waals surface area (Å²) in [6, 6.07) is 17.2. The van der Waals surface area contributed by atoms with E-state index in [-0.39, 0.29) is 10.8 Å². The molecule has 1 heterocycles. The van der Waals surface area contributed by atoms with Crippen molar-refractivity contribution in [2.45, 2.75) is 18.7 Å². The minimum absolute atomic E-state index is 0.179. The van der Waals surface area contributed by atoms with Crippen LogP contribution < -0.4 is 10.0 Å². The maximum atomic E-state index is 12.5. The van der Waals surface area contributed by atoms with Crippen LogP contribution in [0.2, 0.25) is 0 Å². The lowest BCUT2D eigenvalue weighted by Crippen LogP contribution is -2.14. The summed E-state index contributed by atoms with van der Waals surface area (Å²) in [5.74, 6) is -0.285. The van der Waals surface area contributed by atoms with Gasteiger partial charge in [-0.2, -0.15) is 0 Å². The van der Waals surface area contributed by atoms with Crippen molar-refractivity contribution in [1.29, 1.82) is 0 Å². The zero-order chi connectivity index (χ0) is 20.1. The highest BCUT2D eigenvalue weighted by molar-refractivity contribution is 7.92. The van der Waals surface area contributed by atoms with Gasteiger partial charge in [-0.1, -0.05) is 24.3 Å². The fraction of sp³-hybridized carbons (Fsp3) is 0.0952. The smallest absolute Gasteiger partial charge is 0.261 e. The molecule has 0 fully saturated rings. The quantitative estimate of drug-likeness (QED) is 0.570. The molecule has 0 aliphatic rings. The van der Waals surface area contributed by atoms with Gasteiger partial charge in [-0.3, -0.25) is 9.52 Å². The third kappa shape index (κ3) is 5.09. The van der Waals surface area contributed by atoms with E-state index in [1.807, 2.05) is 19.1 Å². The van der Waals surface area contributed by atoms with E-state index in [4.69, 9.17) is 0 Å². The van der Waals surface area contributed by atoms with Gasteiger partial charge in [0.15, 0.2) is 0 Å². The second-order valence-electron chi connectivity index (χ2n) is 6.22. The SMILES string of the molecule is Cc1ccc(C=CC(=O)Nc2ccc(C)c(NS(=O)(=O)c3ccccc3)c2)s1. The second-order valence-corrected chi connectivity index (χ2v) is 9.22. The molecule has 0 atom stereocenters. The lowest BCUT2D eigenvalue weighted by Gasteiger charge is -2.12. The fourth-order valence-corrected chi connectivity index (χ4v) is 4.42. The van der Waals surface area contributed by atoms with E-state index in [1.165, 1.54) is 23.1 Å². The van der Waals surface area contributed by atoms with E-state index in [0.717, 1.165) is 10.4 Å². The zero-order valence-corrected chi connectivity index (χ0v) is 17.1. The highest BCUT2D eigenvalue weighted by Crippen LogP contribution is 2.24. The highest BCUT2D eigenvalue weighted by Gasteiger charge is 2.15. The van der Waals surface area contributed by atoms with E-state index >= 15 is 0 Å². The number of carbonyl (C=O) groups is 1. The number of thiophene rings is 1. The number of nitrogens with one attached hydrogen (secondary N) is 2. The average molecular weight is 413 g/mol. The lowest BCUT2D eigenvalue weighted by molar-refractivity contribution is -0.111. The summed E-state index contributed by atoms with van der Waals surface area (Å²) in [5, 5.41) is 2.76. The van der Waals surface area contributed by atoms with Gasteiger partial charge in [0.1, 0.15) is 0 Å². The minimum atomic E-state index is -3.70. The standard InChI is InChI=1S/C21H20N2O3S2/c1-15-8-10-17(22-21(24)13-12-18-11-9-16(2)27-18)14-20(15)23-28(25,26)19-6-4-3-5-7-19/h3-14,23H,1-2H3,(H,22,24). The van der Waals surface area contributed by atoms with Gasteiger partial charge in [0.05, 0.1) is 10.6 Å². The van der Waals surface area contributed by atoms with Crippen molar-refractivity contribution in [3.8, 4) is 0 Å². The fourth-order valence-electron chi connectivity index (χ4n) is 2.50. The minimum Gasteiger partial charge on any atom is -0.322 e. The van der Waals surface area contributed by atoms with E-state index in [0.29, 0.717) is 11.4 Å². The van der Waals surface area contributed by atoms with Crippen molar-refractivity contribution in [1.82, 2.24) is 0 Å². The normalized spacial score (nSPS) is 11.5. The molecule has 2 N–H and O–H groups in total. The van der Waals surface area contributed by atoms with Crippen LogP contribution in [0.15, 0.2) is 71.6 Å². The summed E-state index contributed by atoms with van der Waals surface area (Å²) >= 11 is 1.60. The Morgan fingerprint density at radius 2 is 1.75 bits per heavy atom. The van der Waals surface area contributed by atoms with Crippen LogP contribution in [0, 0.1) is 13.8 Å². The number of carbonyl (C=O) groups excluding carboxylic acids is 1. The summed E-state index contributed by atoms with van der Waals surface area (Å²) in [6.07, 6.45) is 3.21. The Morgan fingerprint density at radius 3 is 2.43 bits per heavy atom. The van der Waals surface area contributed by atoms with Gasteiger partial charge in [-0.25, -0.2) is 8.42 Å². The third-order valence-corrected chi connectivity index (χ3v) is 6.31. The van der Waals surface area contributed by atoms with Crippen molar-refractivity contribution in [3.05, 3.63) is 82.1 Å². The molecule has 0 unspecified atom stereocenters. The van der Waals surface area contributed by atoms with E-state index < -0.39 is 10.0 Å². The zero-order valence-electron chi connectivity index (χ0n) is 15.5. The number of benzene rings is 2. The molecule has 144 valence electrons. The Morgan fingerprint density at radius 1 is 1.00 bits per heavy atom. The Bertz CT molecular complexity index is 1120. The predicted octanol–water partition coefficient (Wildman–Crippen LogP) is 4.82. The third-order valence-electron chi connectivity index (χ3n) is 3.96. The lowest BCUT2D eigenvalue weighted by atomic mass is 10.2. The molecule has 1 aromatic heterocycles. The molecule has 0 aliphatic carbocycles. The molecular formula is C21H20N2O3S2. The molecule has 0 spiro atoms. The van der Waals surface area contributed by atoms with Crippen molar-refractivity contribution in [2.75, 3.05) is 10.0 Å². The Kier molecular flexibility index (Phi) is 5.96. The topological polar surface area (TPSA) is 75.3 Å². The van der Waals surface area contributed by atoms with Crippen molar-refractivity contribution in [3.63, 3.8) is 0 Å². The van der Waals surface area contributed by atoms with Crippen LogP contribution in [0.1, 0.15) is 15.3 Å². The van der Waals surface area contributed by atoms with Gasteiger partial charge >= 0.3 is 0 Å². The first-order valence-electron chi connectivity index (χ1n) is 8.57. The van der Waals surface area contributed by atoms with Gasteiger partial charge in [0.2, 0.25) is 5.91 Å². The molecule has 0 saturated heterocycles. The molecule has 7 heteroatoms. The van der Waals surface area contributed by atoms with Crippen molar-refractivity contribution in [2.24, 2.45) is 0 Å². The molecule has 0 radical (unpaired) electrons. The number of amides is 1. The second kappa shape index (κ2) is 8.41. The first-order chi connectivity index (χ1) is 13.3. The largest absolute Gasteiger partial charge is 0.322 e. The molecule has 5 nitrogen and oxygen atoms in total. The maximum Gasteiger partial charge on any atom is 0.261 e. The monoisotopic (exact) mass is 412 g/mol. The number of sulfonamides is 1. The Hall–Kier alpha value is -2.90. The van der Waals surface area contributed by atoms with Gasteiger partial charge in [-0.05, 0) is 61.9 Å². The van der Waals surface area contributed by atoms with Crippen molar-refractivity contribution >= 4 is 44.7 Å². The first kappa shape index (κ1) is 19.9. The number of hydrogen-bond donors (Lipinski definition) is 2. The predicted molar refractivity (Wildman–Crippen MR) is 115 cm³/mol. The van der Waals surface area contributed by atoms with Crippen molar-refractivity contribution < 1.29 is 13.2 Å². The van der Waals surface area contributed by atoms with Crippen LogP contribution in [0.3, 0.4) is 0 Å². The molecule has 28 heavy (non-hydrogen) atoms. The number of rotatable bonds is 6. The van der Waals surface area contributed by atoms with E-state index in [1.54, 1.807) is 60.7 Å². The van der Waals surface area contributed by atoms with Crippen LogP contribution >= 0.6 is 11.3 Å². The summed E-state index contributed by atoms with van der Waals surface area (Å²) in [6.45, 7) is 3.81. The molecule has 0 aliphatic heterocycles. The van der Waals surface area contributed by atoms with Gasteiger partial charge in [0.25, 0.3) is 10.0 Å². The van der Waals surface area contributed by atoms with Gasteiger partial charge < -0.3 is 5.32 Å². The van der Waals surface area contributed by atoms with E-state index in [9.17, 15) is 13.2 Å². The molecule has 1 amide bonds.